The number of aliphatic hydroxyl groups excluding tert-OH is 2. The van der Waals surface area contributed by atoms with Crippen LogP contribution in [-0.2, 0) is 4.79 Å². The van der Waals surface area contributed by atoms with E-state index in [1.165, 1.54) is 0 Å². The van der Waals surface area contributed by atoms with Gasteiger partial charge in [0.05, 0.1) is 18.6 Å². The molecular weight excluding hydrogens is 296 g/mol. The van der Waals surface area contributed by atoms with Crippen molar-refractivity contribution in [2.24, 2.45) is 0 Å². The Labute approximate surface area is 140 Å². The molecule has 6 heteroatoms. The van der Waals surface area contributed by atoms with Gasteiger partial charge in [-0.05, 0) is 12.8 Å². The van der Waals surface area contributed by atoms with E-state index >= 15 is 0 Å². The summed E-state index contributed by atoms with van der Waals surface area (Å²) in [5.74, 6) is -0.828. The second-order valence-corrected chi connectivity index (χ2v) is 5.85. The minimum absolute atomic E-state index is 0.0718. The molecule has 0 aliphatic rings. The molecule has 0 fully saturated rings. The van der Waals surface area contributed by atoms with E-state index in [1.54, 1.807) is 6.08 Å². The molecule has 0 aliphatic carbocycles. The molecule has 0 amide bonds. The zero-order valence-corrected chi connectivity index (χ0v) is 14.6. The topological polar surface area (TPSA) is 93.0 Å². The molecule has 0 heterocycles. The summed E-state index contributed by atoms with van der Waals surface area (Å²) >= 11 is 0. The van der Waals surface area contributed by atoms with E-state index in [9.17, 15) is 15.0 Å². The maximum Gasteiger partial charge on any atom is 0.304 e. The van der Waals surface area contributed by atoms with Crippen LogP contribution in [0.15, 0.2) is 12.2 Å². The number of unbranched alkanes of at least 4 members (excludes halogenated alkanes) is 1. The average Bonchev–Trinajstić information content (AvgIpc) is 2.52. The van der Waals surface area contributed by atoms with Gasteiger partial charge in [-0.1, -0.05) is 38.8 Å². The monoisotopic (exact) mass is 330 g/mol. The van der Waals surface area contributed by atoms with Crippen LogP contribution in [-0.4, -0.2) is 71.1 Å². The molecule has 0 aromatic rings. The Hall–Kier alpha value is -0.950. The standard InChI is InChI=1S/C17H34N2O4/c1-3-5-7-15(20)13-18-10-12-19(11-9-17(22)23)14-16(21)8-6-4-2/h5,7,15-16,18,20-21H,3-4,6,8-14H2,1-2H3,(H,22,23)/b7-5-. The lowest BCUT2D eigenvalue weighted by Gasteiger charge is -2.24. The number of hydrogen-bond donors (Lipinski definition) is 4. The summed E-state index contributed by atoms with van der Waals surface area (Å²) in [6.45, 7) is 6.79. The van der Waals surface area contributed by atoms with E-state index < -0.39 is 18.2 Å². The molecule has 0 saturated heterocycles. The first-order valence-electron chi connectivity index (χ1n) is 8.67. The van der Waals surface area contributed by atoms with Crippen LogP contribution in [0.2, 0.25) is 0 Å². The molecular formula is C17H34N2O4. The Bertz CT molecular complexity index is 324. The first-order chi connectivity index (χ1) is 11.0. The fourth-order valence-electron chi connectivity index (χ4n) is 2.23. The first kappa shape index (κ1) is 22.1. The van der Waals surface area contributed by atoms with Crippen molar-refractivity contribution in [1.29, 1.82) is 0 Å². The first-order valence-corrected chi connectivity index (χ1v) is 8.67. The molecule has 6 nitrogen and oxygen atoms in total. The predicted molar refractivity (Wildman–Crippen MR) is 92.5 cm³/mol. The van der Waals surface area contributed by atoms with Gasteiger partial charge < -0.3 is 20.6 Å². The Morgan fingerprint density at radius 2 is 2.00 bits per heavy atom. The molecule has 0 radical (unpaired) electrons. The van der Waals surface area contributed by atoms with Gasteiger partial charge in [0.1, 0.15) is 0 Å². The molecule has 2 unspecified atom stereocenters. The van der Waals surface area contributed by atoms with Gasteiger partial charge in [0, 0.05) is 32.7 Å². The maximum atomic E-state index is 10.7. The van der Waals surface area contributed by atoms with Crippen molar-refractivity contribution in [1.82, 2.24) is 10.2 Å². The number of carbonyl (C=O) groups is 1. The molecule has 0 spiro atoms. The highest BCUT2D eigenvalue weighted by Gasteiger charge is 2.12. The summed E-state index contributed by atoms with van der Waals surface area (Å²) in [5.41, 5.74) is 0. The van der Waals surface area contributed by atoms with Crippen molar-refractivity contribution < 1.29 is 20.1 Å². The number of rotatable bonds is 15. The number of aliphatic carboxylic acids is 1. The largest absolute Gasteiger partial charge is 0.481 e. The average molecular weight is 330 g/mol. The van der Waals surface area contributed by atoms with E-state index in [-0.39, 0.29) is 6.42 Å². The van der Waals surface area contributed by atoms with Crippen LogP contribution in [0.3, 0.4) is 0 Å². The number of allylic oxidation sites excluding steroid dienone is 1. The van der Waals surface area contributed by atoms with Crippen molar-refractivity contribution in [3.8, 4) is 0 Å². The smallest absolute Gasteiger partial charge is 0.304 e. The van der Waals surface area contributed by atoms with E-state index in [4.69, 9.17) is 5.11 Å². The highest BCUT2D eigenvalue weighted by atomic mass is 16.4. The van der Waals surface area contributed by atoms with E-state index in [0.29, 0.717) is 32.7 Å². The minimum atomic E-state index is -0.828. The third-order valence-corrected chi connectivity index (χ3v) is 3.55. The minimum Gasteiger partial charge on any atom is -0.481 e. The summed E-state index contributed by atoms with van der Waals surface area (Å²) in [4.78, 5) is 12.7. The predicted octanol–water partition coefficient (Wildman–Crippen LogP) is 1.23. The molecule has 0 rings (SSSR count). The van der Waals surface area contributed by atoms with Gasteiger partial charge in [-0.2, -0.15) is 0 Å². The number of aliphatic hydroxyl groups is 2. The van der Waals surface area contributed by atoms with E-state index in [1.807, 2.05) is 17.9 Å². The number of hydrogen-bond acceptors (Lipinski definition) is 5. The SMILES string of the molecule is CC/C=C\C(O)CNCCN(CCC(=O)O)CC(O)CCCC. The van der Waals surface area contributed by atoms with Crippen LogP contribution >= 0.6 is 0 Å². The number of carboxylic acid groups (broad SMARTS) is 1. The lowest BCUT2D eigenvalue weighted by Crippen LogP contribution is -2.40. The third kappa shape index (κ3) is 14.4. The molecule has 0 bridgehead atoms. The Balaban J connectivity index is 4.09. The molecule has 136 valence electrons. The van der Waals surface area contributed by atoms with Gasteiger partial charge in [0.25, 0.3) is 0 Å². The van der Waals surface area contributed by atoms with Gasteiger partial charge in [-0.25, -0.2) is 0 Å². The lowest BCUT2D eigenvalue weighted by molar-refractivity contribution is -0.137. The van der Waals surface area contributed by atoms with Crippen molar-refractivity contribution in [3.63, 3.8) is 0 Å². The summed E-state index contributed by atoms with van der Waals surface area (Å²) in [6, 6.07) is 0. The summed E-state index contributed by atoms with van der Waals surface area (Å²) < 4.78 is 0. The zero-order chi connectivity index (χ0) is 17.5. The Kier molecular flexibility index (Phi) is 14.0. The maximum absolute atomic E-state index is 10.7. The van der Waals surface area contributed by atoms with Crippen molar-refractivity contribution in [2.45, 2.75) is 58.2 Å². The van der Waals surface area contributed by atoms with Crippen LogP contribution in [0.5, 0.6) is 0 Å². The number of nitrogens with one attached hydrogen (secondary N) is 1. The fraction of sp³-hybridized carbons (Fsp3) is 0.824. The van der Waals surface area contributed by atoms with Gasteiger partial charge in [0.15, 0.2) is 0 Å². The Morgan fingerprint density at radius 1 is 1.26 bits per heavy atom. The van der Waals surface area contributed by atoms with E-state index in [2.05, 4.69) is 12.2 Å². The molecule has 4 N–H and O–H groups in total. The highest BCUT2D eigenvalue weighted by molar-refractivity contribution is 5.66. The molecule has 2 atom stereocenters. The van der Waals surface area contributed by atoms with E-state index in [0.717, 1.165) is 25.7 Å². The number of carboxylic acids is 1. The van der Waals surface area contributed by atoms with Crippen LogP contribution in [0.4, 0.5) is 0 Å². The van der Waals surface area contributed by atoms with Gasteiger partial charge in [-0.3, -0.25) is 9.69 Å². The van der Waals surface area contributed by atoms with Crippen LogP contribution < -0.4 is 5.32 Å². The quantitative estimate of drug-likeness (QED) is 0.267. The lowest BCUT2D eigenvalue weighted by atomic mass is 10.1. The highest BCUT2D eigenvalue weighted by Crippen LogP contribution is 2.03. The van der Waals surface area contributed by atoms with Crippen molar-refractivity contribution in [2.75, 3.05) is 32.7 Å². The van der Waals surface area contributed by atoms with Crippen LogP contribution in [0, 0.1) is 0 Å². The zero-order valence-electron chi connectivity index (χ0n) is 14.6. The summed E-state index contributed by atoms with van der Waals surface area (Å²) in [5, 5.41) is 31.7. The normalized spacial score (nSPS) is 14.5. The molecule has 0 aromatic carbocycles. The second kappa shape index (κ2) is 14.6. The van der Waals surface area contributed by atoms with Gasteiger partial charge in [-0.15, -0.1) is 0 Å². The summed E-state index contributed by atoms with van der Waals surface area (Å²) in [6.07, 6.45) is 6.50. The molecule has 0 saturated carbocycles. The fourth-order valence-corrected chi connectivity index (χ4v) is 2.23. The van der Waals surface area contributed by atoms with Crippen LogP contribution in [0.1, 0.15) is 46.0 Å². The van der Waals surface area contributed by atoms with Crippen molar-refractivity contribution in [3.05, 3.63) is 12.2 Å². The summed E-state index contributed by atoms with van der Waals surface area (Å²) in [7, 11) is 0. The second-order valence-electron chi connectivity index (χ2n) is 5.85. The van der Waals surface area contributed by atoms with Crippen LogP contribution in [0.25, 0.3) is 0 Å². The van der Waals surface area contributed by atoms with Gasteiger partial charge in [0.2, 0.25) is 0 Å². The Morgan fingerprint density at radius 3 is 2.61 bits per heavy atom. The third-order valence-electron chi connectivity index (χ3n) is 3.55. The molecule has 0 aliphatic heterocycles. The molecule has 23 heavy (non-hydrogen) atoms. The van der Waals surface area contributed by atoms with Crippen molar-refractivity contribution >= 4 is 5.97 Å². The number of nitrogens with zero attached hydrogens (tertiary/aromatic N) is 1. The molecule has 0 aromatic heterocycles. The van der Waals surface area contributed by atoms with Gasteiger partial charge >= 0.3 is 5.97 Å².